The maximum atomic E-state index is 13.0. The highest BCUT2D eigenvalue weighted by molar-refractivity contribution is 5.95. The largest absolute Gasteiger partial charge is 0.397 e. The minimum absolute atomic E-state index is 0.0861. The van der Waals surface area contributed by atoms with Crippen molar-refractivity contribution < 1.29 is 14.3 Å². The Hall–Kier alpha value is -1.66. The number of carbonyl (C=O) groups excluding carboxylic acids is 1. The monoisotopic (exact) mass is 255 g/mol. The molecule has 0 unspecified atom stereocenters. The summed E-state index contributed by atoms with van der Waals surface area (Å²) in [5.74, 6) is -0.721. The second-order valence-corrected chi connectivity index (χ2v) is 4.09. The first kappa shape index (κ1) is 14.4. The average molecular weight is 255 g/mol. The third-order valence-electron chi connectivity index (χ3n) is 2.40. The molecule has 0 radical (unpaired) electrons. The third kappa shape index (κ3) is 4.68. The number of halogens is 1. The summed E-state index contributed by atoms with van der Waals surface area (Å²) in [6, 6.07) is 3.82. The molecule has 0 aromatic heterocycles. The van der Waals surface area contributed by atoms with E-state index in [1.807, 2.05) is 0 Å². The molecule has 0 aliphatic heterocycles. The Bertz CT molecular complexity index is 412. The number of hydrogen-bond donors (Lipinski definition) is 3. The topological polar surface area (TPSA) is 78.6 Å². The van der Waals surface area contributed by atoms with Gasteiger partial charge < -0.3 is 16.2 Å². The molecule has 4 N–H and O–H groups in total. The Morgan fingerprint density at radius 1 is 1.56 bits per heavy atom. The predicted octanol–water partition coefficient (Wildman–Crippen LogP) is 0.661. The number of likely N-dealkylation sites (N-methyl/N-ethyl adjacent to an activating group) is 1. The van der Waals surface area contributed by atoms with Crippen LogP contribution in [0, 0.1) is 5.82 Å². The number of hydrogen-bond acceptors (Lipinski definition) is 4. The number of aliphatic hydroxyl groups is 1. The number of nitrogens with one attached hydrogen (secondary N) is 1. The molecule has 1 amide bonds. The fraction of sp³-hybridized carbons (Fsp3) is 0.417. The van der Waals surface area contributed by atoms with Gasteiger partial charge in [-0.15, -0.1) is 0 Å². The van der Waals surface area contributed by atoms with Crippen molar-refractivity contribution >= 4 is 17.3 Å². The van der Waals surface area contributed by atoms with Crippen molar-refractivity contribution in [1.82, 2.24) is 4.90 Å². The van der Waals surface area contributed by atoms with Crippen LogP contribution in [0.3, 0.4) is 0 Å². The Kier molecular flexibility index (Phi) is 5.54. The van der Waals surface area contributed by atoms with E-state index in [-0.39, 0.29) is 24.7 Å². The molecule has 18 heavy (non-hydrogen) atoms. The molecular formula is C12H18FN3O2. The van der Waals surface area contributed by atoms with Crippen LogP contribution in [0.5, 0.6) is 0 Å². The van der Waals surface area contributed by atoms with E-state index >= 15 is 0 Å². The number of rotatable bonds is 6. The fourth-order valence-electron chi connectivity index (χ4n) is 1.49. The van der Waals surface area contributed by atoms with E-state index in [2.05, 4.69) is 5.32 Å². The van der Waals surface area contributed by atoms with Gasteiger partial charge in [0.1, 0.15) is 5.82 Å². The summed E-state index contributed by atoms with van der Waals surface area (Å²) < 4.78 is 13.0. The summed E-state index contributed by atoms with van der Waals surface area (Å²) in [5, 5.41) is 11.2. The van der Waals surface area contributed by atoms with Gasteiger partial charge in [-0.25, -0.2) is 4.39 Å². The Morgan fingerprint density at radius 2 is 2.28 bits per heavy atom. The van der Waals surface area contributed by atoms with E-state index in [4.69, 9.17) is 10.8 Å². The van der Waals surface area contributed by atoms with E-state index in [0.29, 0.717) is 18.7 Å². The summed E-state index contributed by atoms with van der Waals surface area (Å²) in [7, 11) is 1.77. The summed E-state index contributed by atoms with van der Waals surface area (Å²) in [6.45, 7) is 0.862. The molecule has 0 saturated heterocycles. The molecule has 0 bridgehead atoms. The molecule has 0 fully saturated rings. The van der Waals surface area contributed by atoms with Crippen LogP contribution in [0.1, 0.15) is 6.42 Å². The summed E-state index contributed by atoms with van der Waals surface area (Å²) in [5.41, 5.74) is 6.22. The molecule has 0 atom stereocenters. The molecule has 1 aromatic carbocycles. The Balaban J connectivity index is 2.51. The molecule has 100 valence electrons. The molecule has 5 nitrogen and oxygen atoms in total. The highest BCUT2D eigenvalue weighted by Gasteiger charge is 2.09. The molecule has 0 aliphatic carbocycles. The minimum Gasteiger partial charge on any atom is -0.397 e. The lowest BCUT2D eigenvalue weighted by Gasteiger charge is -2.16. The van der Waals surface area contributed by atoms with Gasteiger partial charge in [-0.05, 0) is 31.7 Å². The van der Waals surface area contributed by atoms with E-state index in [1.165, 1.54) is 18.2 Å². The van der Waals surface area contributed by atoms with Crippen LogP contribution in [-0.4, -0.2) is 42.7 Å². The highest BCUT2D eigenvalue weighted by atomic mass is 19.1. The average Bonchev–Trinajstić information content (AvgIpc) is 2.31. The van der Waals surface area contributed by atoms with Gasteiger partial charge in [0.05, 0.1) is 17.9 Å². The SMILES string of the molecule is CN(CCCO)CC(=O)Nc1cc(F)ccc1N. The zero-order valence-electron chi connectivity index (χ0n) is 10.3. The maximum Gasteiger partial charge on any atom is 0.238 e. The maximum absolute atomic E-state index is 13.0. The van der Waals surface area contributed by atoms with E-state index < -0.39 is 5.82 Å². The van der Waals surface area contributed by atoms with Crippen LogP contribution in [0.4, 0.5) is 15.8 Å². The van der Waals surface area contributed by atoms with Crippen LogP contribution < -0.4 is 11.1 Å². The van der Waals surface area contributed by atoms with Crippen molar-refractivity contribution in [3.05, 3.63) is 24.0 Å². The number of aliphatic hydroxyl groups excluding tert-OH is 1. The number of benzene rings is 1. The van der Waals surface area contributed by atoms with Gasteiger partial charge >= 0.3 is 0 Å². The summed E-state index contributed by atoms with van der Waals surface area (Å²) in [4.78, 5) is 13.4. The number of amides is 1. The molecule has 0 aliphatic rings. The normalized spacial score (nSPS) is 10.7. The van der Waals surface area contributed by atoms with Crippen LogP contribution in [0.15, 0.2) is 18.2 Å². The van der Waals surface area contributed by atoms with E-state index in [0.717, 1.165) is 0 Å². The summed E-state index contributed by atoms with van der Waals surface area (Å²) >= 11 is 0. The van der Waals surface area contributed by atoms with Crippen molar-refractivity contribution in [3.63, 3.8) is 0 Å². The Morgan fingerprint density at radius 3 is 2.94 bits per heavy atom. The number of anilines is 2. The quantitative estimate of drug-likeness (QED) is 0.652. The molecule has 1 rings (SSSR count). The first-order valence-electron chi connectivity index (χ1n) is 5.67. The van der Waals surface area contributed by atoms with Gasteiger partial charge in [0.15, 0.2) is 0 Å². The second-order valence-electron chi connectivity index (χ2n) is 4.09. The van der Waals surface area contributed by atoms with Gasteiger partial charge in [0.25, 0.3) is 0 Å². The van der Waals surface area contributed by atoms with E-state index in [9.17, 15) is 9.18 Å². The third-order valence-corrected chi connectivity index (χ3v) is 2.40. The molecule has 6 heteroatoms. The number of nitrogens with two attached hydrogens (primary N) is 1. The predicted molar refractivity (Wildman–Crippen MR) is 68.6 cm³/mol. The molecule has 0 spiro atoms. The van der Waals surface area contributed by atoms with Crippen molar-refractivity contribution in [3.8, 4) is 0 Å². The molecule has 1 aromatic rings. The zero-order chi connectivity index (χ0) is 13.5. The van der Waals surface area contributed by atoms with Crippen molar-refractivity contribution in [2.45, 2.75) is 6.42 Å². The summed E-state index contributed by atoms with van der Waals surface area (Å²) in [6.07, 6.45) is 0.603. The van der Waals surface area contributed by atoms with Crippen LogP contribution in [0.2, 0.25) is 0 Å². The number of nitrogens with zero attached hydrogens (tertiary/aromatic N) is 1. The van der Waals surface area contributed by atoms with Gasteiger partial charge in [0.2, 0.25) is 5.91 Å². The second kappa shape index (κ2) is 6.93. The van der Waals surface area contributed by atoms with Gasteiger partial charge in [-0.3, -0.25) is 9.69 Å². The molecular weight excluding hydrogens is 237 g/mol. The molecule has 0 saturated carbocycles. The lowest BCUT2D eigenvalue weighted by atomic mass is 10.2. The van der Waals surface area contributed by atoms with Crippen LogP contribution in [-0.2, 0) is 4.79 Å². The van der Waals surface area contributed by atoms with Crippen molar-refractivity contribution in [2.75, 3.05) is 37.8 Å². The van der Waals surface area contributed by atoms with Crippen LogP contribution in [0.25, 0.3) is 0 Å². The first-order chi connectivity index (χ1) is 8.52. The lowest BCUT2D eigenvalue weighted by Crippen LogP contribution is -2.31. The molecule has 0 heterocycles. The standard InChI is InChI=1S/C12H18FN3O2/c1-16(5-2-6-17)8-12(18)15-11-7-9(13)3-4-10(11)14/h3-4,7,17H,2,5-6,8,14H2,1H3,(H,15,18). The highest BCUT2D eigenvalue weighted by Crippen LogP contribution is 2.18. The number of nitrogen functional groups attached to an aromatic ring is 1. The van der Waals surface area contributed by atoms with Crippen molar-refractivity contribution in [2.24, 2.45) is 0 Å². The first-order valence-corrected chi connectivity index (χ1v) is 5.67. The van der Waals surface area contributed by atoms with Crippen molar-refractivity contribution in [1.29, 1.82) is 0 Å². The van der Waals surface area contributed by atoms with E-state index in [1.54, 1.807) is 11.9 Å². The van der Waals surface area contributed by atoms with Gasteiger partial charge in [0, 0.05) is 13.2 Å². The minimum atomic E-state index is -0.451. The van der Waals surface area contributed by atoms with Crippen LogP contribution >= 0.6 is 0 Å². The smallest absolute Gasteiger partial charge is 0.238 e. The van der Waals surface area contributed by atoms with Gasteiger partial charge in [-0.1, -0.05) is 0 Å². The number of carbonyl (C=O) groups is 1. The zero-order valence-corrected chi connectivity index (χ0v) is 10.3. The Labute approximate surface area is 105 Å². The van der Waals surface area contributed by atoms with Gasteiger partial charge in [-0.2, -0.15) is 0 Å². The lowest BCUT2D eigenvalue weighted by molar-refractivity contribution is -0.117. The fourth-order valence-corrected chi connectivity index (χ4v) is 1.49.